The molecule has 3 atom stereocenters. The molecule has 0 aromatic rings. The predicted octanol–water partition coefficient (Wildman–Crippen LogP) is 3.98. The average molecular weight is 357 g/mol. The fourth-order valence-corrected chi connectivity index (χ4v) is 4.93. The molecule has 1 rings (SSSR count). The van der Waals surface area contributed by atoms with Crippen LogP contribution in [0.4, 0.5) is 4.79 Å². The van der Waals surface area contributed by atoms with Gasteiger partial charge in [0.1, 0.15) is 0 Å². The molecule has 1 aliphatic heterocycles. The van der Waals surface area contributed by atoms with Crippen molar-refractivity contribution in [3.8, 4) is 0 Å². The quantitative estimate of drug-likeness (QED) is 0.370. The minimum absolute atomic E-state index is 0.245. The van der Waals surface area contributed by atoms with E-state index in [1.165, 1.54) is 19.1 Å². The molecule has 0 radical (unpaired) electrons. The average Bonchev–Trinajstić information content (AvgIpc) is 2.90. The Bertz CT molecular complexity index is 335. The Hall–Kier alpha value is -0.270. The molecule has 122 valence electrons. The van der Waals surface area contributed by atoms with Gasteiger partial charge in [0.2, 0.25) is 6.10 Å². The smallest absolute Gasteiger partial charge is 0.463 e. The van der Waals surface area contributed by atoms with Crippen LogP contribution in [0.2, 0.25) is 0 Å². The molecule has 0 aromatic heterocycles. The molecule has 8 heteroatoms. The molecule has 0 aliphatic carbocycles. The Morgan fingerprint density at radius 2 is 2.14 bits per heavy atom. The van der Waals surface area contributed by atoms with Crippen LogP contribution in [0.25, 0.3) is 0 Å². The van der Waals surface area contributed by atoms with Crippen molar-refractivity contribution in [1.29, 1.82) is 0 Å². The lowest BCUT2D eigenvalue weighted by molar-refractivity contribution is -0.155. The summed E-state index contributed by atoms with van der Waals surface area (Å²) >= 11 is 5.54. The highest BCUT2D eigenvalue weighted by atomic mass is 35.5. The normalized spacial score (nSPS) is 20.6. The third-order valence-corrected chi connectivity index (χ3v) is 5.86. The van der Waals surface area contributed by atoms with E-state index in [2.05, 4.69) is 4.74 Å². The first-order valence-electron chi connectivity index (χ1n) is 6.99. The molecule has 21 heavy (non-hydrogen) atoms. The van der Waals surface area contributed by atoms with Crippen LogP contribution >= 0.6 is 33.2 Å². The summed E-state index contributed by atoms with van der Waals surface area (Å²) in [5, 5.41) is 0.618. The number of carbonyl (C=O) groups excluding carboxylic acids is 2. The van der Waals surface area contributed by atoms with Gasteiger partial charge in [-0.25, -0.2) is 9.59 Å². The summed E-state index contributed by atoms with van der Waals surface area (Å²) in [6.45, 7) is 3.45. The number of hydrogen-bond acceptors (Lipinski definition) is 7. The Morgan fingerprint density at radius 3 is 2.71 bits per heavy atom. The van der Waals surface area contributed by atoms with Crippen LogP contribution in [0.5, 0.6) is 0 Å². The number of rotatable bonds is 8. The zero-order chi connectivity index (χ0) is 15.7. The van der Waals surface area contributed by atoms with Gasteiger partial charge < -0.3 is 14.2 Å². The Labute approximate surface area is 138 Å². The van der Waals surface area contributed by atoms with Crippen LogP contribution < -0.4 is 0 Å². The number of carbonyl (C=O) groups is 2. The van der Waals surface area contributed by atoms with Gasteiger partial charge in [0.05, 0.1) is 6.61 Å². The van der Waals surface area contributed by atoms with Gasteiger partial charge in [-0.05, 0) is 39.5 Å². The van der Waals surface area contributed by atoms with Crippen molar-refractivity contribution in [2.45, 2.75) is 56.4 Å². The second kappa shape index (κ2) is 10.5. The van der Waals surface area contributed by atoms with Crippen LogP contribution in [0.1, 0.15) is 39.5 Å². The van der Waals surface area contributed by atoms with Crippen molar-refractivity contribution in [2.75, 3.05) is 12.4 Å². The number of hydrogen-bond donors (Lipinski definition) is 0. The number of esters is 1. The van der Waals surface area contributed by atoms with E-state index < -0.39 is 23.8 Å². The van der Waals surface area contributed by atoms with Crippen LogP contribution in [0.15, 0.2) is 0 Å². The molecule has 1 aliphatic rings. The lowest BCUT2D eigenvalue weighted by atomic mass is 10.1. The zero-order valence-corrected chi connectivity index (χ0v) is 14.6. The van der Waals surface area contributed by atoms with Gasteiger partial charge in [-0.2, -0.15) is 0 Å². The van der Waals surface area contributed by atoms with Gasteiger partial charge in [-0.1, -0.05) is 33.2 Å². The van der Waals surface area contributed by atoms with E-state index in [9.17, 15) is 9.59 Å². The molecule has 2 unspecified atom stereocenters. The van der Waals surface area contributed by atoms with Crippen molar-refractivity contribution >= 4 is 45.3 Å². The van der Waals surface area contributed by atoms with Gasteiger partial charge in [-0.3, -0.25) is 0 Å². The molecule has 0 spiro atoms. The van der Waals surface area contributed by atoms with Gasteiger partial charge in [-0.15, -0.1) is 0 Å². The van der Waals surface area contributed by atoms with Gasteiger partial charge >= 0.3 is 12.1 Å². The highest BCUT2D eigenvalue weighted by Crippen LogP contribution is 2.39. The predicted molar refractivity (Wildman–Crippen MR) is 85.6 cm³/mol. The standard InChI is InChI=1S/C13H21ClO5S2/c1-3-17-12(15)11(19-13(16)18-9(2)14)6-4-5-10-7-8-20-21-10/h9-11H,3-8H2,1-2H3/t9?,10-,11?/m1/s1. The summed E-state index contributed by atoms with van der Waals surface area (Å²) in [6.07, 6.45) is 1.55. The molecule has 0 saturated carbocycles. The zero-order valence-electron chi connectivity index (χ0n) is 12.2. The molecule has 5 nitrogen and oxygen atoms in total. The van der Waals surface area contributed by atoms with Gasteiger partial charge in [0.25, 0.3) is 0 Å². The van der Waals surface area contributed by atoms with Crippen molar-refractivity contribution in [1.82, 2.24) is 0 Å². The first-order chi connectivity index (χ1) is 10.0. The van der Waals surface area contributed by atoms with Crippen LogP contribution in [0, 0.1) is 0 Å². The van der Waals surface area contributed by atoms with E-state index in [-0.39, 0.29) is 6.61 Å². The lowest BCUT2D eigenvalue weighted by Crippen LogP contribution is -2.30. The number of halogens is 1. The van der Waals surface area contributed by atoms with E-state index in [1.54, 1.807) is 6.92 Å². The van der Waals surface area contributed by atoms with Crippen LogP contribution in [-0.4, -0.2) is 41.4 Å². The number of ether oxygens (including phenoxy) is 3. The monoisotopic (exact) mass is 356 g/mol. The number of alkyl halides is 1. The summed E-state index contributed by atoms with van der Waals surface area (Å²) in [6, 6.07) is 0. The highest BCUT2D eigenvalue weighted by molar-refractivity contribution is 8.77. The summed E-state index contributed by atoms with van der Waals surface area (Å²) in [4.78, 5) is 23.2. The minimum atomic E-state index is -0.943. The van der Waals surface area contributed by atoms with Crippen molar-refractivity contribution in [3.05, 3.63) is 0 Å². The van der Waals surface area contributed by atoms with E-state index in [0.29, 0.717) is 11.7 Å². The van der Waals surface area contributed by atoms with E-state index in [4.69, 9.17) is 21.1 Å². The fourth-order valence-electron chi connectivity index (χ4n) is 1.83. The van der Waals surface area contributed by atoms with E-state index in [0.717, 1.165) is 12.8 Å². The van der Waals surface area contributed by atoms with Crippen molar-refractivity contribution in [2.24, 2.45) is 0 Å². The molecule has 0 N–H and O–H groups in total. The Kier molecular flexibility index (Phi) is 9.35. The Morgan fingerprint density at radius 1 is 1.38 bits per heavy atom. The molecule has 1 heterocycles. The fraction of sp³-hybridized carbons (Fsp3) is 0.846. The second-order valence-electron chi connectivity index (χ2n) is 4.53. The summed E-state index contributed by atoms with van der Waals surface area (Å²) in [7, 11) is 3.76. The van der Waals surface area contributed by atoms with Gasteiger partial charge in [0, 0.05) is 11.0 Å². The van der Waals surface area contributed by atoms with Crippen LogP contribution in [0.3, 0.4) is 0 Å². The van der Waals surface area contributed by atoms with E-state index >= 15 is 0 Å². The summed E-state index contributed by atoms with van der Waals surface area (Å²) in [5.41, 5.74) is -0.799. The first-order valence-corrected chi connectivity index (χ1v) is 9.81. The molecular formula is C13H21ClO5S2. The molecular weight excluding hydrogens is 336 g/mol. The molecule has 0 aromatic carbocycles. The largest absolute Gasteiger partial charge is 0.510 e. The first kappa shape index (κ1) is 18.8. The molecule has 1 saturated heterocycles. The maximum atomic E-state index is 11.8. The second-order valence-corrected chi connectivity index (χ2v) is 7.93. The van der Waals surface area contributed by atoms with E-state index in [1.807, 2.05) is 21.6 Å². The maximum Gasteiger partial charge on any atom is 0.510 e. The van der Waals surface area contributed by atoms with Crippen molar-refractivity contribution in [3.63, 3.8) is 0 Å². The maximum absolute atomic E-state index is 11.8. The summed E-state index contributed by atoms with van der Waals surface area (Å²) in [5.74, 6) is 0.637. The minimum Gasteiger partial charge on any atom is -0.463 e. The Balaban J connectivity index is 2.39. The lowest BCUT2D eigenvalue weighted by Gasteiger charge is -2.17. The molecule has 0 bridgehead atoms. The van der Waals surface area contributed by atoms with Crippen molar-refractivity contribution < 1.29 is 23.8 Å². The highest BCUT2D eigenvalue weighted by Gasteiger charge is 2.26. The molecule has 1 fully saturated rings. The SMILES string of the molecule is CCOC(=O)C(CCC[C@@H]1CCSS1)OC(=O)OC(C)Cl. The topological polar surface area (TPSA) is 61.8 Å². The third-order valence-electron chi connectivity index (χ3n) is 2.77. The molecule has 0 amide bonds. The third kappa shape index (κ3) is 8.07. The van der Waals surface area contributed by atoms with Gasteiger partial charge in [0.15, 0.2) is 5.56 Å². The van der Waals surface area contributed by atoms with Crippen LogP contribution in [-0.2, 0) is 19.0 Å². The summed E-state index contributed by atoms with van der Waals surface area (Å²) < 4.78 is 14.6.